The molecule has 0 unspecified atom stereocenters. The van der Waals surface area contributed by atoms with Crippen molar-refractivity contribution in [3.8, 4) is 0 Å². The fourth-order valence-corrected chi connectivity index (χ4v) is 2.44. The molecule has 0 amide bonds. The first kappa shape index (κ1) is 20.2. The number of alkyl halides is 1. The third kappa shape index (κ3) is 6.01. The standard InChI is InChI=1S/C14H27BrO7/c1-2-3-4-5-10(20-7-6-15)22-14-13(19)12(18)11(17)9(8-16)21-14/h9-14,16-19H,2-8H2,1H3/t9-,10+,11-,12+,13-,14+/m1/s1. The van der Waals surface area contributed by atoms with E-state index in [1.165, 1.54) is 0 Å². The zero-order valence-corrected chi connectivity index (χ0v) is 14.4. The van der Waals surface area contributed by atoms with Crippen LogP contribution in [0.1, 0.15) is 32.6 Å². The van der Waals surface area contributed by atoms with Crippen molar-refractivity contribution in [2.24, 2.45) is 0 Å². The number of aliphatic hydroxyl groups is 4. The van der Waals surface area contributed by atoms with E-state index in [1.807, 2.05) is 0 Å². The van der Waals surface area contributed by atoms with Crippen molar-refractivity contribution < 1.29 is 34.6 Å². The lowest BCUT2D eigenvalue weighted by atomic mass is 9.99. The summed E-state index contributed by atoms with van der Waals surface area (Å²) in [4.78, 5) is 0. The Hall–Kier alpha value is 0.200. The van der Waals surface area contributed by atoms with Gasteiger partial charge in [0.15, 0.2) is 12.6 Å². The molecule has 22 heavy (non-hydrogen) atoms. The fraction of sp³-hybridized carbons (Fsp3) is 1.00. The molecule has 6 atom stereocenters. The molecule has 0 aromatic carbocycles. The zero-order valence-electron chi connectivity index (χ0n) is 12.8. The van der Waals surface area contributed by atoms with Gasteiger partial charge in [-0.15, -0.1) is 0 Å². The van der Waals surface area contributed by atoms with Gasteiger partial charge in [0, 0.05) is 5.33 Å². The molecule has 1 aliphatic heterocycles. The monoisotopic (exact) mass is 386 g/mol. The number of rotatable bonds is 10. The van der Waals surface area contributed by atoms with E-state index in [2.05, 4.69) is 22.9 Å². The Labute approximate surface area is 139 Å². The third-order valence-electron chi connectivity index (χ3n) is 3.56. The molecule has 8 heteroatoms. The lowest BCUT2D eigenvalue weighted by Gasteiger charge is -2.40. The second kappa shape index (κ2) is 10.9. The molecule has 0 aromatic heterocycles. The number of hydrogen-bond acceptors (Lipinski definition) is 7. The van der Waals surface area contributed by atoms with Gasteiger partial charge < -0.3 is 34.6 Å². The summed E-state index contributed by atoms with van der Waals surface area (Å²) in [5.41, 5.74) is 0. The lowest BCUT2D eigenvalue weighted by molar-refractivity contribution is -0.337. The molecule has 132 valence electrons. The minimum Gasteiger partial charge on any atom is -0.394 e. The van der Waals surface area contributed by atoms with Crippen LogP contribution in [0.2, 0.25) is 0 Å². The smallest absolute Gasteiger partial charge is 0.189 e. The molecule has 1 aliphatic rings. The summed E-state index contributed by atoms with van der Waals surface area (Å²) >= 11 is 3.27. The maximum atomic E-state index is 9.96. The Morgan fingerprint density at radius 1 is 1.14 bits per heavy atom. The van der Waals surface area contributed by atoms with Crippen molar-refractivity contribution in [1.82, 2.24) is 0 Å². The molecule has 0 radical (unpaired) electrons. The van der Waals surface area contributed by atoms with Crippen LogP contribution in [-0.4, -0.2) is 76.0 Å². The van der Waals surface area contributed by atoms with Gasteiger partial charge in [0.2, 0.25) is 0 Å². The first-order valence-electron chi connectivity index (χ1n) is 7.68. The van der Waals surface area contributed by atoms with Gasteiger partial charge in [0.25, 0.3) is 0 Å². The Morgan fingerprint density at radius 3 is 2.45 bits per heavy atom. The van der Waals surface area contributed by atoms with E-state index in [1.54, 1.807) is 0 Å². The van der Waals surface area contributed by atoms with Gasteiger partial charge in [-0.05, 0) is 12.8 Å². The molecule has 1 fully saturated rings. The van der Waals surface area contributed by atoms with Crippen LogP contribution < -0.4 is 0 Å². The maximum Gasteiger partial charge on any atom is 0.189 e. The Balaban J connectivity index is 2.60. The number of unbranched alkanes of at least 4 members (excludes halogenated alkanes) is 2. The summed E-state index contributed by atoms with van der Waals surface area (Å²) in [7, 11) is 0. The highest BCUT2D eigenvalue weighted by molar-refractivity contribution is 9.09. The largest absolute Gasteiger partial charge is 0.394 e. The normalized spacial score (nSPS) is 33.8. The highest BCUT2D eigenvalue weighted by atomic mass is 79.9. The Bertz CT molecular complexity index is 292. The van der Waals surface area contributed by atoms with Crippen molar-refractivity contribution in [2.45, 2.75) is 69.6 Å². The number of aliphatic hydroxyl groups excluding tert-OH is 4. The van der Waals surface area contributed by atoms with Crippen LogP contribution in [0, 0.1) is 0 Å². The SMILES string of the molecule is CCCCC[C@@H](OCCBr)O[C@@H]1O[C@H](CO)[C@@H](O)[C@H](O)[C@H]1O. The summed E-state index contributed by atoms with van der Waals surface area (Å²) < 4.78 is 16.5. The minimum atomic E-state index is -1.44. The molecular formula is C14H27BrO7. The lowest BCUT2D eigenvalue weighted by Crippen LogP contribution is -2.59. The summed E-state index contributed by atoms with van der Waals surface area (Å²) in [5.74, 6) is 0. The summed E-state index contributed by atoms with van der Waals surface area (Å²) in [6, 6.07) is 0. The van der Waals surface area contributed by atoms with Gasteiger partial charge in [0.1, 0.15) is 24.4 Å². The van der Waals surface area contributed by atoms with Crippen LogP contribution in [0.25, 0.3) is 0 Å². The first-order chi connectivity index (χ1) is 10.5. The van der Waals surface area contributed by atoms with E-state index in [0.29, 0.717) is 18.4 Å². The average molecular weight is 387 g/mol. The van der Waals surface area contributed by atoms with Gasteiger partial charge >= 0.3 is 0 Å². The van der Waals surface area contributed by atoms with Crippen molar-refractivity contribution in [1.29, 1.82) is 0 Å². The summed E-state index contributed by atoms with van der Waals surface area (Å²) in [6.07, 6.45) is -3.31. The van der Waals surface area contributed by atoms with Crippen LogP contribution in [0.5, 0.6) is 0 Å². The molecular weight excluding hydrogens is 360 g/mol. The van der Waals surface area contributed by atoms with E-state index in [-0.39, 0.29) is 0 Å². The number of hydrogen-bond donors (Lipinski definition) is 4. The average Bonchev–Trinajstić information content (AvgIpc) is 2.52. The highest BCUT2D eigenvalue weighted by Crippen LogP contribution is 2.24. The van der Waals surface area contributed by atoms with Crippen LogP contribution >= 0.6 is 15.9 Å². The topological polar surface area (TPSA) is 109 Å². The molecule has 4 N–H and O–H groups in total. The Kier molecular flexibility index (Phi) is 10.0. The highest BCUT2D eigenvalue weighted by Gasteiger charge is 2.44. The zero-order chi connectivity index (χ0) is 16.5. The first-order valence-corrected chi connectivity index (χ1v) is 8.80. The molecule has 0 saturated carbocycles. The van der Waals surface area contributed by atoms with Crippen LogP contribution in [-0.2, 0) is 14.2 Å². The quantitative estimate of drug-likeness (QED) is 0.240. The second-order valence-electron chi connectivity index (χ2n) is 5.32. The van der Waals surface area contributed by atoms with Crippen molar-refractivity contribution in [2.75, 3.05) is 18.5 Å². The molecule has 0 spiro atoms. The molecule has 0 aromatic rings. The molecule has 1 rings (SSSR count). The second-order valence-corrected chi connectivity index (χ2v) is 6.11. The van der Waals surface area contributed by atoms with Crippen LogP contribution in [0.4, 0.5) is 0 Å². The fourth-order valence-electron chi connectivity index (χ4n) is 2.26. The summed E-state index contributed by atoms with van der Waals surface area (Å²) in [6.45, 7) is 2.05. The van der Waals surface area contributed by atoms with Crippen molar-refractivity contribution in [3.63, 3.8) is 0 Å². The van der Waals surface area contributed by atoms with Gasteiger partial charge in [0.05, 0.1) is 13.2 Å². The van der Waals surface area contributed by atoms with Gasteiger partial charge in [-0.3, -0.25) is 0 Å². The predicted octanol–water partition coefficient (Wildman–Crippen LogP) is 0.121. The van der Waals surface area contributed by atoms with Crippen LogP contribution in [0.15, 0.2) is 0 Å². The van der Waals surface area contributed by atoms with E-state index < -0.39 is 43.6 Å². The third-order valence-corrected chi connectivity index (χ3v) is 3.88. The molecule has 0 aliphatic carbocycles. The molecule has 7 nitrogen and oxygen atoms in total. The predicted molar refractivity (Wildman–Crippen MR) is 82.5 cm³/mol. The van der Waals surface area contributed by atoms with E-state index >= 15 is 0 Å². The number of ether oxygens (including phenoxy) is 3. The van der Waals surface area contributed by atoms with E-state index in [9.17, 15) is 15.3 Å². The van der Waals surface area contributed by atoms with Crippen LogP contribution in [0.3, 0.4) is 0 Å². The molecule has 0 bridgehead atoms. The van der Waals surface area contributed by atoms with E-state index in [4.69, 9.17) is 19.3 Å². The molecule has 1 heterocycles. The van der Waals surface area contributed by atoms with Gasteiger partial charge in [-0.25, -0.2) is 0 Å². The maximum absolute atomic E-state index is 9.96. The summed E-state index contributed by atoms with van der Waals surface area (Å²) in [5, 5.41) is 39.3. The Morgan fingerprint density at radius 2 is 1.86 bits per heavy atom. The van der Waals surface area contributed by atoms with E-state index in [0.717, 1.165) is 19.3 Å². The molecule has 1 saturated heterocycles. The van der Waals surface area contributed by atoms with Gasteiger partial charge in [-0.2, -0.15) is 0 Å². The minimum absolute atomic E-state index is 0.439. The van der Waals surface area contributed by atoms with Gasteiger partial charge in [-0.1, -0.05) is 35.7 Å². The van der Waals surface area contributed by atoms with Crippen molar-refractivity contribution >= 4 is 15.9 Å². The van der Waals surface area contributed by atoms with Crippen molar-refractivity contribution in [3.05, 3.63) is 0 Å². The number of halogens is 1.